The summed E-state index contributed by atoms with van der Waals surface area (Å²) in [6, 6.07) is 2.67. The zero-order valence-corrected chi connectivity index (χ0v) is 17.8. The molecule has 3 N–H and O–H groups in total. The zero-order valence-electron chi connectivity index (χ0n) is 16.2. The number of nitrogens with zero attached hydrogens (tertiary/aromatic N) is 2. The number of nitrogens with two attached hydrogens (primary N) is 1. The molecule has 1 aliphatic carbocycles. The van der Waals surface area contributed by atoms with Crippen molar-refractivity contribution in [2.75, 3.05) is 11.9 Å². The van der Waals surface area contributed by atoms with E-state index < -0.39 is 67.9 Å². The summed E-state index contributed by atoms with van der Waals surface area (Å²) in [5, 5.41) is 17.5. The van der Waals surface area contributed by atoms with Gasteiger partial charge in [0, 0.05) is 24.6 Å². The lowest BCUT2D eigenvalue weighted by molar-refractivity contribution is -0.387. The van der Waals surface area contributed by atoms with Crippen molar-refractivity contribution in [1.82, 2.24) is 4.90 Å². The number of rotatable bonds is 5. The van der Waals surface area contributed by atoms with Crippen molar-refractivity contribution >= 4 is 50.2 Å². The van der Waals surface area contributed by atoms with Crippen LogP contribution in [-0.4, -0.2) is 47.8 Å². The number of nitrogens with one attached hydrogen (secondary N) is 1. The fraction of sp³-hybridized carbons (Fsp3) is 0.353. The lowest BCUT2D eigenvalue weighted by Gasteiger charge is -2.24. The normalized spacial score (nSPS) is 18.8. The number of hydrogen-bond acceptors (Lipinski definition) is 8. The molecule has 0 atom stereocenters. The number of amides is 3. The van der Waals surface area contributed by atoms with Crippen molar-refractivity contribution in [2.24, 2.45) is 5.14 Å². The van der Waals surface area contributed by atoms with Gasteiger partial charge in [-0.1, -0.05) is 5.57 Å². The molecule has 1 heterocycles. The number of carbonyl (C=O) groups is 3. The van der Waals surface area contributed by atoms with Crippen molar-refractivity contribution in [3.8, 4) is 0 Å². The quantitative estimate of drug-likeness (QED) is 0.360. The van der Waals surface area contributed by atoms with Gasteiger partial charge in [-0.3, -0.25) is 29.4 Å². The van der Waals surface area contributed by atoms with Gasteiger partial charge in [-0.05, 0) is 36.7 Å². The Morgan fingerprint density at radius 1 is 1.28 bits per heavy atom. The summed E-state index contributed by atoms with van der Waals surface area (Å²) < 4.78 is 49.6. The Morgan fingerprint density at radius 2 is 1.91 bits per heavy atom. The Morgan fingerprint density at radius 3 is 2.47 bits per heavy atom. The van der Waals surface area contributed by atoms with Gasteiger partial charge < -0.3 is 5.32 Å². The standard InChI is InChI=1S/C17H16F2N4O7S2/c18-17(19)5-3-9(4-6-17)14-15(25)22(16(26)31-14)8-13(24)21-10-1-2-12(32(20,29)30)11(7-10)23(27)28/h1-2,7H,3-6,8H2,(H,21,24)(H2,20,29,30). The van der Waals surface area contributed by atoms with Crippen LogP contribution in [-0.2, 0) is 19.6 Å². The molecule has 0 bridgehead atoms. The van der Waals surface area contributed by atoms with E-state index in [1.165, 1.54) is 0 Å². The number of primary sulfonamides is 1. The van der Waals surface area contributed by atoms with Crippen LogP contribution in [0, 0.1) is 10.1 Å². The molecule has 0 radical (unpaired) electrons. The number of benzene rings is 1. The second-order valence-corrected chi connectivity index (χ2v) is 9.57. The molecule has 11 nitrogen and oxygen atoms in total. The second-order valence-electron chi connectivity index (χ2n) is 7.08. The number of alkyl halides is 2. The van der Waals surface area contributed by atoms with Crippen LogP contribution in [0.5, 0.6) is 0 Å². The Kier molecular flexibility index (Phi) is 6.35. The van der Waals surface area contributed by atoms with E-state index in [9.17, 15) is 41.7 Å². The van der Waals surface area contributed by atoms with Crippen LogP contribution >= 0.6 is 11.8 Å². The van der Waals surface area contributed by atoms with Crippen LogP contribution in [0.2, 0.25) is 0 Å². The molecule has 32 heavy (non-hydrogen) atoms. The number of imide groups is 1. The first-order chi connectivity index (χ1) is 14.8. The van der Waals surface area contributed by atoms with Crippen LogP contribution in [0.3, 0.4) is 0 Å². The van der Waals surface area contributed by atoms with E-state index in [2.05, 4.69) is 5.32 Å². The van der Waals surface area contributed by atoms with E-state index in [4.69, 9.17) is 5.14 Å². The number of allylic oxidation sites excluding steroid dienone is 1. The SMILES string of the molecule is NS(=O)(=O)c1ccc(NC(=O)CN2C(=O)SC(=C3CCC(F)(F)CC3)C2=O)cc1[N+](=O)[O-]. The molecule has 1 saturated carbocycles. The molecule has 15 heteroatoms. The average Bonchev–Trinajstić information content (AvgIpc) is 2.95. The highest BCUT2D eigenvalue weighted by atomic mass is 32.2. The van der Waals surface area contributed by atoms with Gasteiger partial charge in [-0.25, -0.2) is 22.3 Å². The maximum atomic E-state index is 13.3. The Labute approximate surface area is 184 Å². The summed E-state index contributed by atoms with van der Waals surface area (Å²) in [5.41, 5.74) is -0.583. The van der Waals surface area contributed by atoms with Gasteiger partial charge in [0.15, 0.2) is 4.90 Å². The number of sulfonamides is 1. The molecule has 3 amide bonds. The molecule has 1 aliphatic heterocycles. The number of nitro benzene ring substituents is 1. The van der Waals surface area contributed by atoms with Gasteiger partial charge in [0.2, 0.25) is 21.9 Å². The van der Waals surface area contributed by atoms with Crippen molar-refractivity contribution in [1.29, 1.82) is 0 Å². The van der Waals surface area contributed by atoms with Crippen LogP contribution in [0.25, 0.3) is 0 Å². The van der Waals surface area contributed by atoms with Gasteiger partial charge in [0.25, 0.3) is 16.8 Å². The van der Waals surface area contributed by atoms with E-state index in [1.807, 2.05) is 0 Å². The van der Waals surface area contributed by atoms with Gasteiger partial charge in [0.1, 0.15) is 6.54 Å². The van der Waals surface area contributed by atoms with Crippen LogP contribution in [0.4, 0.5) is 25.0 Å². The van der Waals surface area contributed by atoms with Gasteiger partial charge >= 0.3 is 0 Å². The summed E-state index contributed by atoms with van der Waals surface area (Å²) in [7, 11) is -4.39. The number of thioether (sulfide) groups is 1. The van der Waals surface area contributed by atoms with Crippen molar-refractivity contribution in [3.05, 3.63) is 38.8 Å². The minimum atomic E-state index is -4.39. The zero-order chi connectivity index (χ0) is 23.8. The summed E-state index contributed by atoms with van der Waals surface area (Å²) >= 11 is 0.570. The predicted molar refractivity (Wildman–Crippen MR) is 108 cm³/mol. The minimum absolute atomic E-state index is 0.0333. The van der Waals surface area contributed by atoms with E-state index in [1.54, 1.807) is 0 Å². The van der Waals surface area contributed by atoms with Gasteiger partial charge in [0.05, 0.1) is 9.83 Å². The van der Waals surface area contributed by atoms with Crippen LogP contribution in [0.1, 0.15) is 25.7 Å². The Bertz CT molecular complexity index is 1160. The molecule has 2 fully saturated rings. The first-order valence-electron chi connectivity index (χ1n) is 9.03. The highest BCUT2D eigenvalue weighted by Gasteiger charge is 2.41. The van der Waals surface area contributed by atoms with E-state index in [0.29, 0.717) is 22.2 Å². The molecule has 1 aromatic rings. The van der Waals surface area contributed by atoms with Gasteiger partial charge in [-0.2, -0.15) is 0 Å². The number of hydrogen-bond donors (Lipinski definition) is 2. The maximum Gasteiger partial charge on any atom is 0.294 e. The third kappa shape index (κ3) is 5.11. The monoisotopic (exact) mass is 490 g/mol. The fourth-order valence-electron chi connectivity index (χ4n) is 3.22. The summed E-state index contributed by atoms with van der Waals surface area (Å²) in [5.74, 6) is -4.47. The molecular formula is C17H16F2N4O7S2. The molecule has 1 saturated heterocycles. The topological polar surface area (TPSA) is 170 Å². The van der Waals surface area contributed by atoms with E-state index in [-0.39, 0.29) is 23.4 Å². The third-order valence-electron chi connectivity index (χ3n) is 4.80. The Hall–Kier alpha value is -2.91. The molecule has 0 spiro atoms. The lowest BCUT2D eigenvalue weighted by atomic mass is 9.91. The Balaban J connectivity index is 1.73. The van der Waals surface area contributed by atoms with Crippen molar-refractivity contribution < 1.29 is 36.5 Å². The van der Waals surface area contributed by atoms with Gasteiger partial charge in [-0.15, -0.1) is 0 Å². The maximum absolute atomic E-state index is 13.3. The van der Waals surface area contributed by atoms with E-state index in [0.717, 1.165) is 18.2 Å². The minimum Gasteiger partial charge on any atom is -0.324 e. The molecule has 0 aromatic heterocycles. The summed E-state index contributed by atoms with van der Waals surface area (Å²) in [4.78, 5) is 47.1. The number of anilines is 1. The van der Waals surface area contributed by atoms with Crippen molar-refractivity contribution in [2.45, 2.75) is 36.5 Å². The predicted octanol–water partition coefficient (Wildman–Crippen LogP) is 2.34. The first kappa shape index (κ1) is 23.7. The number of carbonyl (C=O) groups excluding carboxylic acids is 3. The fourth-order valence-corrected chi connectivity index (χ4v) is 4.88. The highest BCUT2D eigenvalue weighted by molar-refractivity contribution is 8.18. The smallest absolute Gasteiger partial charge is 0.294 e. The third-order valence-corrected chi connectivity index (χ3v) is 6.82. The van der Waals surface area contributed by atoms with Crippen LogP contribution in [0.15, 0.2) is 33.6 Å². The number of nitro groups is 1. The molecule has 2 aliphatic rings. The molecule has 0 unspecified atom stereocenters. The van der Waals surface area contributed by atoms with E-state index >= 15 is 0 Å². The second kappa shape index (κ2) is 8.55. The summed E-state index contributed by atoms with van der Waals surface area (Å²) in [6.45, 7) is -0.720. The highest BCUT2D eigenvalue weighted by Crippen LogP contribution is 2.42. The first-order valence-corrected chi connectivity index (χ1v) is 11.4. The molecule has 172 valence electrons. The molecular weight excluding hydrogens is 474 g/mol. The number of halogens is 2. The average molecular weight is 490 g/mol. The summed E-state index contributed by atoms with van der Waals surface area (Å²) in [6.07, 6.45) is -0.924. The molecule has 1 aromatic carbocycles. The lowest BCUT2D eigenvalue weighted by Crippen LogP contribution is -2.36. The van der Waals surface area contributed by atoms with Crippen molar-refractivity contribution in [3.63, 3.8) is 0 Å². The molecule has 3 rings (SSSR count). The van der Waals surface area contributed by atoms with Crippen LogP contribution < -0.4 is 10.5 Å². The largest absolute Gasteiger partial charge is 0.324 e.